The van der Waals surface area contributed by atoms with Crippen LogP contribution in [0.4, 0.5) is 0 Å². The summed E-state index contributed by atoms with van der Waals surface area (Å²) in [5.74, 6) is 1.21. The minimum atomic E-state index is -0.419. The molecule has 1 aromatic carbocycles. The number of nitrogens with zero attached hydrogens (tertiary/aromatic N) is 2. The molecule has 0 spiro atoms. The molecule has 0 aliphatic carbocycles. The molecule has 1 aliphatic rings. The van der Waals surface area contributed by atoms with Gasteiger partial charge in [-0.15, -0.1) is 0 Å². The molecule has 26 heavy (non-hydrogen) atoms. The van der Waals surface area contributed by atoms with Crippen molar-refractivity contribution in [2.24, 2.45) is 0 Å². The van der Waals surface area contributed by atoms with E-state index in [9.17, 15) is 9.59 Å². The Morgan fingerprint density at radius 1 is 1.38 bits per heavy atom. The number of imidazole rings is 1. The predicted octanol–water partition coefficient (Wildman–Crippen LogP) is 2.77. The quantitative estimate of drug-likeness (QED) is 0.736. The number of piperidine rings is 1. The molecule has 6 heteroatoms. The first-order valence-electron chi connectivity index (χ1n) is 8.90. The largest absolute Gasteiger partial charge is 0.423 e. The molecule has 3 heterocycles. The molecule has 0 radical (unpaired) electrons. The highest BCUT2D eigenvalue weighted by molar-refractivity contribution is 5.87. The summed E-state index contributed by atoms with van der Waals surface area (Å²) in [6.07, 6.45) is 5.74. The molecule has 2 aromatic heterocycles. The van der Waals surface area contributed by atoms with E-state index in [0.29, 0.717) is 12.1 Å². The van der Waals surface area contributed by atoms with E-state index in [2.05, 4.69) is 9.97 Å². The zero-order valence-corrected chi connectivity index (χ0v) is 14.7. The van der Waals surface area contributed by atoms with Crippen molar-refractivity contribution in [3.8, 4) is 0 Å². The van der Waals surface area contributed by atoms with Crippen molar-refractivity contribution in [2.75, 3.05) is 13.1 Å². The molecule has 0 bridgehead atoms. The van der Waals surface area contributed by atoms with Gasteiger partial charge in [0.05, 0.1) is 6.42 Å². The van der Waals surface area contributed by atoms with E-state index in [1.165, 1.54) is 6.07 Å². The number of fused-ring (bicyclic) bond motifs is 1. The van der Waals surface area contributed by atoms with Crippen molar-refractivity contribution in [1.29, 1.82) is 0 Å². The molecule has 134 valence electrons. The van der Waals surface area contributed by atoms with Crippen molar-refractivity contribution in [3.63, 3.8) is 0 Å². The standard InChI is InChI=1S/C20H21N3O3/c1-13-4-5-16-15(11-19(25)26-17(16)9-13)10-18(24)23-8-2-3-14(12-23)20-21-6-7-22-20/h4-7,9,11,14H,2-3,8,10,12H2,1H3,(H,21,22). The van der Waals surface area contributed by atoms with E-state index in [4.69, 9.17) is 4.42 Å². The molecule has 1 unspecified atom stereocenters. The molecule has 0 saturated carbocycles. The zero-order chi connectivity index (χ0) is 18.1. The number of aryl methyl sites for hydroxylation is 1. The van der Waals surface area contributed by atoms with E-state index < -0.39 is 5.63 Å². The van der Waals surface area contributed by atoms with Crippen LogP contribution in [0.1, 0.15) is 35.7 Å². The van der Waals surface area contributed by atoms with Crippen molar-refractivity contribution in [3.05, 3.63) is 64.0 Å². The van der Waals surface area contributed by atoms with Crippen molar-refractivity contribution >= 4 is 16.9 Å². The molecule has 4 rings (SSSR count). The number of H-pyrrole nitrogens is 1. The van der Waals surface area contributed by atoms with Gasteiger partial charge in [-0.1, -0.05) is 12.1 Å². The van der Waals surface area contributed by atoms with Gasteiger partial charge >= 0.3 is 5.63 Å². The van der Waals surface area contributed by atoms with Gasteiger partial charge in [0.25, 0.3) is 0 Å². The Bertz CT molecular complexity index is 991. The van der Waals surface area contributed by atoms with Crippen LogP contribution < -0.4 is 5.63 Å². The fourth-order valence-corrected chi connectivity index (χ4v) is 3.69. The minimum Gasteiger partial charge on any atom is -0.423 e. The van der Waals surface area contributed by atoms with Crippen molar-refractivity contribution in [2.45, 2.75) is 32.1 Å². The number of carbonyl (C=O) groups excluding carboxylic acids is 1. The summed E-state index contributed by atoms with van der Waals surface area (Å²) in [6, 6.07) is 7.14. The van der Waals surface area contributed by atoms with Gasteiger partial charge in [-0.3, -0.25) is 4.79 Å². The van der Waals surface area contributed by atoms with Crippen LogP contribution in [0.15, 0.2) is 45.9 Å². The zero-order valence-electron chi connectivity index (χ0n) is 14.7. The molecular weight excluding hydrogens is 330 g/mol. The summed E-state index contributed by atoms with van der Waals surface area (Å²) in [5.41, 5.74) is 1.85. The second-order valence-electron chi connectivity index (χ2n) is 6.92. The van der Waals surface area contributed by atoms with Gasteiger partial charge in [-0.25, -0.2) is 9.78 Å². The van der Waals surface area contributed by atoms with Crippen molar-refractivity contribution < 1.29 is 9.21 Å². The summed E-state index contributed by atoms with van der Waals surface area (Å²) in [6.45, 7) is 3.35. The van der Waals surface area contributed by atoms with E-state index in [0.717, 1.165) is 41.7 Å². The van der Waals surface area contributed by atoms with Crippen LogP contribution in [0.5, 0.6) is 0 Å². The molecule has 1 fully saturated rings. The third-order valence-corrected chi connectivity index (χ3v) is 5.01. The van der Waals surface area contributed by atoms with Gasteiger partial charge in [0.1, 0.15) is 11.4 Å². The van der Waals surface area contributed by atoms with Gasteiger partial charge in [-0.05, 0) is 37.0 Å². The van der Waals surface area contributed by atoms with Crippen molar-refractivity contribution in [1.82, 2.24) is 14.9 Å². The maximum Gasteiger partial charge on any atom is 0.336 e. The number of hydrogen-bond acceptors (Lipinski definition) is 4. The van der Waals surface area contributed by atoms with Gasteiger partial charge < -0.3 is 14.3 Å². The predicted molar refractivity (Wildman–Crippen MR) is 98.1 cm³/mol. The Kier molecular flexibility index (Phi) is 4.32. The van der Waals surface area contributed by atoms with Crippen LogP contribution in [0.3, 0.4) is 0 Å². The lowest BCUT2D eigenvalue weighted by Crippen LogP contribution is -2.40. The average Bonchev–Trinajstić information content (AvgIpc) is 3.16. The van der Waals surface area contributed by atoms with Gasteiger partial charge in [-0.2, -0.15) is 0 Å². The highest BCUT2D eigenvalue weighted by atomic mass is 16.4. The lowest BCUT2D eigenvalue weighted by atomic mass is 9.96. The topological polar surface area (TPSA) is 79.2 Å². The highest BCUT2D eigenvalue weighted by Crippen LogP contribution is 2.25. The van der Waals surface area contributed by atoms with E-state index >= 15 is 0 Å². The van der Waals surface area contributed by atoms with Crippen LogP contribution in [-0.4, -0.2) is 33.9 Å². The Balaban J connectivity index is 1.56. The van der Waals surface area contributed by atoms with Gasteiger partial charge in [0.2, 0.25) is 5.91 Å². The highest BCUT2D eigenvalue weighted by Gasteiger charge is 2.26. The normalized spacial score (nSPS) is 17.6. The number of amides is 1. The third-order valence-electron chi connectivity index (χ3n) is 5.01. The second kappa shape index (κ2) is 6.78. The van der Waals surface area contributed by atoms with E-state index in [1.807, 2.05) is 36.2 Å². The Morgan fingerprint density at radius 3 is 3.08 bits per heavy atom. The minimum absolute atomic E-state index is 0.0359. The van der Waals surface area contributed by atoms with Crippen LogP contribution >= 0.6 is 0 Å². The van der Waals surface area contributed by atoms with Crippen LogP contribution in [0.2, 0.25) is 0 Å². The Hall–Kier alpha value is -2.89. The number of rotatable bonds is 3. The number of nitrogens with one attached hydrogen (secondary N) is 1. The maximum atomic E-state index is 12.9. The monoisotopic (exact) mass is 351 g/mol. The van der Waals surface area contributed by atoms with E-state index in [1.54, 1.807) is 6.20 Å². The van der Waals surface area contributed by atoms with Gasteiger partial charge in [0.15, 0.2) is 0 Å². The molecule has 1 aliphatic heterocycles. The average molecular weight is 351 g/mol. The molecule has 1 amide bonds. The number of aromatic amines is 1. The molecular formula is C20H21N3O3. The molecule has 1 N–H and O–H groups in total. The number of hydrogen-bond donors (Lipinski definition) is 1. The molecule has 6 nitrogen and oxygen atoms in total. The summed E-state index contributed by atoms with van der Waals surface area (Å²) in [5, 5.41) is 0.822. The Morgan fingerprint density at radius 2 is 2.27 bits per heavy atom. The summed E-state index contributed by atoms with van der Waals surface area (Å²) < 4.78 is 5.28. The van der Waals surface area contributed by atoms with Crippen LogP contribution in [0.25, 0.3) is 11.0 Å². The van der Waals surface area contributed by atoms with Crippen LogP contribution in [0, 0.1) is 6.92 Å². The lowest BCUT2D eigenvalue weighted by molar-refractivity contribution is -0.131. The SMILES string of the molecule is Cc1ccc2c(CC(=O)N3CCCC(c4ncc[nH]4)C3)cc(=O)oc2c1. The number of aromatic nitrogens is 2. The summed E-state index contributed by atoms with van der Waals surface area (Å²) >= 11 is 0. The fraction of sp³-hybridized carbons (Fsp3) is 0.350. The molecule has 1 atom stereocenters. The van der Waals surface area contributed by atoms with Crippen LogP contribution in [-0.2, 0) is 11.2 Å². The third kappa shape index (κ3) is 3.27. The van der Waals surface area contributed by atoms with E-state index in [-0.39, 0.29) is 18.2 Å². The number of likely N-dealkylation sites (tertiary alicyclic amines) is 1. The summed E-state index contributed by atoms with van der Waals surface area (Å²) in [4.78, 5) is 34.1. The second-order valence-corrected chi connectivity index (χ2v) is 6.92. The molecule has 3 aromatic rings. The summed E-state index contributed by atoms with van der Waals surface area (Å²) in [7, 11) is 0. The maximum absolute atomic E-state index is 12.9. The Labute approximate surface area is 150 Å². The molecule has 1 saturated heterocycles. The first kappa shape index (κ1) is 16.6. The number of benzene rings is 1. The van der Waals surface area contributed by atoms with Gasteiger partial charge in [0, 0.05) is 42.9 Å². The smallest absolute Gasteiger partial charge is 0.336 e. The first-order valence-corrected chi connectivity index (χ1v) is 8.90. The first-order chi connectivity index (χ1) is 12.6. The lowest BCUT2D eigenvalue weighted by Gasteiger charge is -2.32. The fourth-order valence-electron chi connectivity index (χ4n) is 3.69. The number of carbonyl (C=O) groups is 1.